The number of hydrogen-bond acceptors (Lipinski definition) is 4. The van der Waals surface area contributed by atoms with Gasteiger partial charge in [-0.15, -0.1) is 11.3 Å². The minimum Gasteiger partial charge on any atom is -0.307 e. The van der Waals surface area contributed by atoms with Crippen LogP contribution in [0.4, 0.5) is 29.5 Å². The summed E-state index contributed by atoms with van der Waals surface area (Å²) in [7, 11) is 0. The summed E-state index contributed by atoms with van der Waals surface area (Å²) >= 11 is 6.99. The highest BCUT2D eigenvalue weighted by Gasteiger charge is 2.30. The molecule has 124 valence electrons. The van der Waals surface area contributed by atoms with Gasteiger partial charge in [0.05, 0.1) is 22.3 Å². The lowest BCUT2D eigenvalue weighted by Crippen LogP contribution is -2.20. The van der Waals surface area contributed by atoms with Gasteiger partial charge in [0.25, 0.3) is 0 Å². The molecular formula is C14H8ClF3N4OS. The first-order valence-electron chi connectivity index (χ1n) is 6.47. The van der Waals surface area contributed by atoms with Gasteiger partial charge >= 0.3 is 12.2 Å². The van der Waals surface area contributed by atoms with Gasteiger partial charge in [0.15, 0.2) is 5.82 Å². The summed E-state index contributed by atoms with van der Waals surface area (Å²) in [6, 6.07) is 3.99. The summed E-state index contributed by atoms with van der Waals surface area (Å²) in [6.45, 7) is 0. The fourth-order valence-electron chi connectivity index (χ4n) is 2.01. The summed E-state index contributed by atoms with van der Waals surface area (Å²) in [6.07, 6.45) is -3.15. The lowest BCUT2D eigenvalue weighted by atomic mass is 10.1. The molecule has 5 nitrogen and oxygen atoms in total. The Morgan fingerprint density at radius 3 is 2.62 bits per heavy atom. The molecule has 0 saturated heterocycles. The monoisotopic (exact) mass is 372 g/mol. The van der Waals surface area contributed by atoms with Crippen molar-refractivity contribution in [1.29, 1.82) is 0 Å². The number of urea groups is 1. The molecule has 1 aromatic carbocycles. The molecule has 24 heavy (non-hydrogen) atoms. The maximum atomic E-state index is 12.7. The molecule has 0 atom stereocenters. The van der Waals surface area contributed by atoms with Gasteiger partial charge in [-0.2, -0.15) is 13.2 Å². The number of hydrogen-bond donors (Lipinski definition) is 2. The van der Waals surface area contributed by atoms with E-state index in [1.165, 1.54) is 23.8 Å². The Morgan fingerprint density at radius 1 is 1.17 bits per heavy atom. The van der Waals surface area contributed by atoms with Crippen LogP contribution in [0.5, 0.6) is 0 Å². The van der Waals surface area contributed by atoms with Crippen molar-refractivity contribution in [2.24, 2.45) is 0 Å². The quantitative estimate of drug-likeness (QED) is 0.664. The Balaban J connectivity index is 1.87. The van der Waals surface area contributed by atoms with E-state index in [1.807, 2.05) is 0 Å². The predicted octanol–water partition coefficient (Wildman–Crippen LogP) is 5.01. The van der Waals surface area contributed by atoms with Gasteiger partial charge in [0.1, 0.15) is 4.34 Å². The van der Waals surface area contributed by atoms with Crippen LogP contribution in [0.1, 0.15) is 5.56 Å². The molecule has 0 saturated carbocycles. The largest absolute Gasteiger partial charge is 0.416 e. The molecule has 2 heterocycles. The summed E-state index contributed by atoms with van der Waals surface area (Å²) in [4.78, 5) is 19.8. The lowest BCUT2D eigenvalue weighted by Gasteiger charge is -2.11. The van der Waals surface area contributed by atoms with Gasteiger partial charge in [-0.05, 0) is 18.2 Å². The number of thiazole rings is 1. The van der Waals surface area contributed by atoms with Crippen molar-refractivity contribution in [3.8, 4) is 0 Å². The molecule has 0 bridgehead atoms. The maximum Gasteiger partial charge on any atom is 0.416 e. The van der Waals surface area contributed by atoms with Crippen molar-refractivity contribution in [3.63, 3.8) is 0 Å². The number of aromatic nitrogens is 2. The highest BCUT2D eigenvalue weighted by molar-refractivity contribution is 7.14. The molecule has 2 amide bonds. The average Bonchev–Trinajstić information content (AvgIpc) is 2.91. The summed E-state index contributed by atoms with van der Waals surface area (Å²) in [5.74, 6) is 0.205. The minimum atomic E-state index is -4.46. The number of anilines is 2. The zero-order valence-corrected chi connectivity index (χ0v) is 13.3. The van der Waals surface area contributed by atoms with Gasteiger partial charge in [0, 0.05) is 11.6 Å². The smallest absolute Gasteiger partial charge is 0.307 e. The van der Waals surface area contributed by atoms with Crippen LogP contribution in [0.3, 0.4) is 0 Å². The van der Waals surface area contributed by atoms with Gasteiger partial charge < -0.3 is 5.32 Å². The number of alkyl halides is 3. The second-order valence-corrected chi connectivity index (χ2v) is 6.10. The van der Waals surface area contributed by atoms with Crippen LogP contribution >= 0.6 is 22.9 Å². The van der Waals surface area contributed by atoms with Crippen molar-refractivity contribution in [2.45, 2.75) is 6.18 Å². The van der Waals surface area contributed by atoms with Crippen molar-refractivity contribution in [3.05, 3.63) is 45.9 Å². The number of carbonyl (C=O) groups is 1. The number of nitrogens with zero attached hydrogens (tertiary/aromatic N) is 2. The molecule has 0 unspecified atom stereocenters. The van der Waals surface area contributed by atoms with Crippen LogP contribution in [-0.2, 0) is 6.18 Å². The second kappa shape index (κ2) is 6.25. The third kappa shape index (κ3) is 3.41. The predicted molar refractivity (Wildman–Crippen MR) is 86.5 cm³/mol. The van der Waals surface area contributed by atoms with Crippen LogP contribution in [0.2, 0.25) is 4.34 Å². The standard InChI is InChI=1S/C14H8ClF3N4OS/c15-11-12(20-6-24-11)22-13(23)21-9-3-4-19-10-5-7(14(16,17)18)1-2-8(9)10/h1-6H,(H2,19,21,22,23). The average molecular weight is 373 g/mol. The van der Waals surface area contributed by atoms with Gasteiger partial charge in [-0.25, -0.2) is 9.78 Å². The molecule has 0 aliphatic heterocycles. The van der Waals surface area contributed by atoms with Gasteiger partial charge in [0.2, 0.25) is 0 Å². The van der Waals surface area contributed by atoms with E-state index in [-0.39, 0.29) is 11.3 Å². The molecule has 2 N–H and O–H groups in total. The molecule has 0 aliphatic rings. The van der Waals surface area contributed by atoms with E-state index in [1.54, 1.807) is 0 Å². The van der Waals surface area contributed by atoms with Crippen LogP contribution in [0.25, 0.3) is 10.9 Å². The number of pyridine rings is 1. The van der Waals surface area contributed by atoms with E-state index in [2.05, 4.69) is 20.6 Å². The number of carbonyl (C=O) groups excluding carboxylic acids is 1. The Kier molecular flexibility index (Phi) is 4.29. The Hall–Kier alpha value is -2.39. The van der Waals surface area contributed by atoms with Crippen LogP contribution < -0.4 is 10.6 Å². The maximum absolute atomic E-state index is 12.7. The van der Waals surface area contributed by atoms with Crippen molar-refractivity contribution in [1.82, 2.24) is 9.97 Å². The SMILES string of the molecule is O=C(Nc1ncsc1Cl)Nc1ccnc2cc(C(F)(F)F)ccc12. The minimum absolute atomic E-state index is 0.120. The highest BCUT2D eigenvalue weighted by Crippen LogP contribution is 2.32. The highest BCUT2D eigenvalue weighted by atomic mass is 35.5. The van der Waals surface area contributed by atoms with Crippen molar-refractivity contribution < 1.29 is 18.0 Å². The van der Waals surface area contributed by atoms with E-state index in [0.29, 0.717) is 15.4 Å². The van der Waals surface area contributed by atoms with E-state index >= 15 is 0 Å². The number of fused-ring (bicyclic) bond motifs is 1. The molecule has 0 radical (unpaired) electrons. The van der Waals surface area contributed by atoms with Crippen molar-refractivity contribution in [2.75, 3.05) is 10.6 Å². The third-order valence-electron chi connectivity index (χ3n) is 3.07. The first-order chi connectivity index (χ1) is 11.3. The Morgan fingerprint density at radius 2 is 1.96 bits per heavy atom. The van der Waals surface area contributed by atoms with Crippen LogP contribution in [0.15, 0.2) is 36.0 Å². The first kappa shape index (κ1) is 16.5. The summed E-state index contributed by atoms with van der Waals surface area (Å²) in [5, 5.41) is 5.38. The molecule has 0 spiro atoms. The fraction of sp³-hybridized carbons (Fsp3) is 0.0714. The molecule has 3 rings (SSSR count). The van der Waals surface area contributed by atoms with E-state index in [9.17, 15) is 18.0 Å². The summed E-state index contributed by atoms with van der Waals surface area (Å²) in [5.41, 5.74) is 1.10. The third-order valence-corrected chi connectivity index (χ3v) is 4.13. The normalized spacial score (nSPS) is 11.5. The van der Waals surface area contributed by atoms with Crippen LogP contribution in [-0.4, -0.2) is 16.0 Å². The molecule has 3 aromatic rings. The van der Waals surface area contributed by atoms with Gasteiger partial charge in [-0.3, -0.25) is 10.3 Å². The molecule has 0 aliphatic carbocycles. The lowest BCUT2D eigenvalue weighted by molar-refractivity contribution is -0.137. The molecule has 10 heteroatoms. The van der Waals surface area contributed by atoms with E-state index < -0.39 is 17.8 Å². The molecule has 2 aromatic heterocycles. The zero-order valence-electron chi connectivity index (χ0n) is 11.7. The topological polar surface area (TPSA) is 66.9 Å². The first-order valence-corrected chi connectivity index (χ1v) is 7.73. The molecular weight excluding hydrogens is 365 g/mol. The number of amides is 2. The summed E-state index contributed by atoms with van der Waals surface area (Å²) < 4.78 is 38.6. The fourth-order valence-corrected chi connectivity index (χ4v) is 2.69. The number of benzene rings is 1. The van der Waals surface area contributed by atoms with Crippen LogP contribution in [0, 0.1) is 0 Å². The number of nitrogens with one attached hydrogen (secondary N) is 2. The van der Waals surface area contributed by atoms with Crippen molar-refractivity contribution >= 4 is 51.4 Å². The molecule has 0 fully saturated rings. The number of halogens is 4. The zero-order chi connectivity index (χ0) is 17.3. The van der Waals surface area contributed by atoms with Gasteiger partial charge in [-0.1, -0.05) is 17.7 Å². The second-order valence-electron chi connectivity index (χ2n) is 4.64. The number of rotatable bonds is 2. The Labute approximate surface area is 142 Å². The Bertz CT molecular complexity index is 912. The van der Waals surface area contributed by atoms with E-state index in [4.69, 9.17) is 11.6 Å². The van der Waals surface area contributed by atoms with E-state index in [0.717, 1.165) is 23.5 Å².